The third-order valence-corrected chi connectivity index (χ3v) is 1.80. The molecule has 0 unspecified atom stereocenters. The molecule has 3 heterocycles. The summed E-state index contributed by atoms with van der Waals surface area (Å²) >= 11 is 0. The van der Waals surface area contributed by atoms with Gasteiger partial charge < -0.3 is 0 Å². The number of hydrogen-bond acceptors (Lipinski definition) is 6. The quantitative estimate of drug-likeness (QED) is 0.384. The van der Waals surface area contributed by atoms with E-state index in [1.807, 2.05) is 0 Å². The van der Waals surface area contributed by atoms with Crippen LogP contribution in [0.25, 0.3) is 0 Å². The van der Waals surface area contributed by atoms with Crippen molar-refractivity contribution in [2.75, 3.05) is 0 Å². The second-order valence-electron chi connectivity index (χ2n) is 2.51. The molecule has 0 saturated carbocycles. The standard InChI is InChI=1S/C4H4N8/c1-3-5-7-9-11(3)2-12-4(1)6-8-10-12/h1-2H2. The molecule has 2 aromatic heterocycles. The molecule has 0 aromatic carbocycles. The number of nitrogens with zero attached hydrogens (tertiary/aromatic N) is 8. The zero-order valence-electron chi connectivity index (χ0n) is 5.99. The summed E-state index contributed by atoms with van der Waals surface area (Å²) in [5.41, 5.74) is 0. The van der Waals surface area contributed by atoms with Crippen molar-refractivity contribution >= 4 is 0 Å². The van der Waals surface area contributed by atoms with Gasteiger partial charge in [-0.15, -0.1) is 10.2 Å². The van der Waals surface area contributed by atoms with Gasteiger partial charge in [-0.25, -0.2) is 9.36 Å². The highest BCUT2D eigenvalue weighted by molar-refractivity contribution is 4.99. The monoisotopic (exact) mass is 164 g/mol. The molecule has 8 nitrogen and oxygen atoms in total. The summed E-state index contributed by atoms with van der Waals surface area (Å²) in [7, 11) is 0. The van der Waals surface area contributed by atoms with E-state index in [1.165, 1.54) is 0 Å². The molecule has 0 saturated heterocycles. The second kappa shape index (κ2) is 1.84. The van der Waals surface area contributed by atoms with Crippen molar-refractivity contribution in [3.63, 3.8) is 0 Å². The molecule has 1 aliphatic heterocycles. The minimum absolute atomic E-state index is 0.505. The van der Waals surface area contributed by atoms with Crippen LogP contribution in [0.2, 0.25) is 0 Å². The molecule has 12 heavy (non-hydrogen) atoms. The summed E-state index contributed by atoms with van der Waals surface area (Å²) in [6.45, 7) is 0.505. The first kappa shape index (κ1) is 5.75. The van der Waals surface area contributed by atoms with Gasteiger partial charge in [0.05, 0.1) is 6.42 Å². The maximum atomic E-state index is 3.83. The van der Waals surface area contributed by atoms with Crippen LogP contribution in [0.4, 0.5) is 0 Å². The molecule has 1 aliphatic rings. The van der Waals surface area contributed by atoms with Crippen LogP contribution < -0.4 is 0 Å². The van der Waals surface area contributed by atoms with Crippen LogP contribution >= 0.6 is 0 Å². The van der Waals surface area contributed by atoms with Gasteiger partial charge in [0, 0.05) is 0 Å². The lowest BCUT2D eigenvalue weighted by molar-refractivity contribution is 0.430. The van der Waals surface area contributed by atoms with Crippen LogP contribution in [-0.4, -0.2) is 40.4 Å². The van der Waals surface area contributed by atoms with E-state index < -0.39 is 0 Å². The number of hydrogen-bond donors (Lipinski definition) is 0. The lowest BCUT2D eigenvalue weighted by Crippen LogP contribution is -2.22. The van der Waals surface area contributed by atoms with E-state index in [2.05, 4.69) is 31.1 Å². The molecule has 0 amide bonds. The van der Waals surface area contributed by atoms with E-state index in [1.54, 1.807) is 9.36 Å². The fourth-order valence-electron chi connectivity index (χ4n) is 1.19. The van der Waals surface area contributed by atoms with Crippen LogP contribution in [0.5, 0.6) is 0 Å². The summed E-state index contributed by atoms with van der Waals surface area (Å²) in [5, 5.41) is 22.3. The van der Waals surface area contributed by atoms with Crippen molar-refractivity contribution in [3.8, 4) is 0 Å². The molecule has 0 fully saturated rings. The summed E-state index contributed by atoms with van der Waals surface area (Å²) < 4.78 is 3.34. The van der Waals surface area contributed by atoms with Gasteiger partial charge in [0.25, 0.3) is 0 Å². The Labute approximate surface area is 66.2 Å². The zero-order valence-corrected chi connectivity index (χ0v) is 5.99. The summed E-state index contributed by atoms with van der Waals surface area (Å²) in [6, 6.07) is 0. The molecule has 0 radical (unpaired) electrons. The van der Waals surface area contributed by atoms with E-state index in [0.29, 0.717) is 13.1 Å². The maximum absolute atomic E-state index is 3.83. The minimum Gasteiger partial charge on any atom is -0.207 e. The van der Waals surface area contributed by atoms with E-state index in [0.717, 1.165) is 11.6 Å². The SMILES string of the molecule is C1c2nnnn2Cn2nnnc21. The summed E-state index contributed by atoms with van der Waals surface area (Å²) in [5.74, 6) is 1.61. The third kappa shape index (κ3) is 0.607. The second-order valence-corrected chi connectivity index (χ2v) is 2.51. The molecule has 3 rings (SSSR count). The van der Waals surface area contributed by atoms with Gasteiger partial charge in [-0.3, -0.25) is 0 Å². The molecule has 0 aliphatic carbocycles. The molecule has 8 heteroatoms. The van der Waals surface area contributed by atoms with Gasteiger partial charge in [-0.05, 0) is 20.9 Å². The zero-order chi connectivity index (χ0) is 7.97. The van der Waals surface area contributed by atoms with Crippen molar-refractivity contribution in [2.24, 2.45) is 0 Å². The lowest BCUT2D eigenvalue weighted by Gasteiger charge is -2.09. The van der Waals surface area contributed by atoms with E-state index in [4.69, 9.17) is 0 Å². The summed E-state index contributed by atoms with van der Waals surface area (Å²) in [6.07, 6.45) is 0.597. The molecule has 0 N–H and O–H groups in total. The van der Waals surface area contributed by atoms with Gasteiger partial charge in [0.1, 0.15) is 6.67 Å². The normalized spacial score (nSPS) is 14.0. The Balaban J connectivity index is 2.15. The molecule has 0 bridgehead atoms. The largest absolute Gasteiger partial charge is 0.207 e. The first-order valence-corrected chi connectivity index (χ1v) is 3.43. The number of rotatable bonds is 0. The lowest BCUT2D eigenvalue weighted by atomic mass is 10.3. The smallest absolute Gasteiger partial charge is 0.161 e. The Hall–Kier alpha value is -1.86. The molecule has 0 atom stereocenters. The minimum atomic E-state index is 0.505. The van der Waals surface area contributed by atoms with Gasteiger partial charge in [0.2, 0.25) is 0 Å². The molecular formula is C4H4N8. The summed E-state index contributed by atoms with van der Waals surface area (Å²) in [4.78, 5) is 0. The highest BCUT2D eigenvalue weighted by Gasteiger charge is 2.18. The van der Waals surface area contributed by atoms with Gasteiger partial charge in [-0.1, -0.05) is 0 Å². The molecule has 2 aromatic rings. The van der Waals surface area contributed by atoms with E-state index in [9.17, 15) is 0 Å². The van der Waals surface area contributed by atoms with Crippen LogP contribution in [-0.2, 0) is 13.1 Å². The Morgan fingerprint density at radius 1 is 0.917 bits per heavy atom. The highest BCUT2D eigenvalue weighted by Crippen LogP contribution is 2.07. The average molecular weight is 164 g/mol. The number of aromatic nitrogens is 8. The van der Waals surface area contributed by atoms with Crippen LogP contribution in [0.15, 0.2) is 0 Å². The topological polar surface area (TPSA) is 87.2 Å². The fourth-order valence-corrected chi connectivity index (χ4v) is 1.19. The van der Waals surface area contributed by atoms with Gasteiger partial charge in [0.15, 0.2) is 11.6 Å². The maximum Gasteiger partial charge on any atom is 0.161 e. The van der Waals surface area contributed by atoms with Crippen molar-refractivity contribution in [1.82, 2.24) is 40.4 Å². The molecule has 0 spiro atoms. The van der Waals surface area contributed by atoms with Crippen molar-refractivity contribution < 1.29 is 0 Å². The van der Waals surface area contributed by atoms with Crippen LogP contribution in [0, 0.1) is 0 Å². The first-order chi connectivity index (χ1) is 5.93. The Morgan fingerprint density at radius 2 is 1.50 bits per heavy atom. The first-order valence-electron chi connectivity index (χ1n) is 3.43. The van der Waals surface area contributed by atoms with Crippen LogP contribution in [0.1, 0.15) is 11.6 Å². The Kier molecular flexibility index (Phi) is 0.882. The predicted octanol–water partition coefficient (Wildman–Crippen LogP) is -1.93. The van der Waals surface area contributed by atoms with E-state index >= 15 is 0 Å². The Morgan fingerprint density at radius 3 is 2.08 bits per heavy atom. The number of fused-ring (bicyclic) bond motifs is 2. The third-order valence-electron chi connectivity index (χ3n) is 1.80. The van der Waals surface area contributed by atoms with Crippen molar-refractivity contribution in [1.29, 1.82) is 0 Å². The van der Waals surface area contributed by atoms with Gasteiger partial charge in [-0.2, -0.15) is 0 Å². The average Bonchev–Trinajstić information content (AvgIpc) is 2.64. The number of tetrazole rings is 2. The fraction of sp³-hybridized carbons (Fsp3) is 0.500. The van der Waals surface area contributed by atoms with Gasteiger partial charge >= 0.3 is 0 Å². The predicted molar refractivity (Wildman–Crippen MR) is 33.8 cm³/mol. The molecular weight excluding hydrogens is 160 g/mol. The highest BCUT2D eigenvalue weighted by atomic mass is 15.6. The van der Waals surface area contributed by atoms with E-state index in [-0.39, 0.29) is 0 Å². The van der Waals surface area contributed by atoms with Crippen molar-refractivity contribution in [3.05, 3.63) is 11.6 Å². The van der Waals surface area contributed by atoms with Crippen molar-refractivity contribution in [2.45, 2.75) is 13.1 Å². The Bertz CT molecular complexity index is 339. The molecule has 60 valence electrons. The van der Waals surface area contributed by atoms with Crippen LogP contribution in [0.3, 0.4) is 0 Å².